The number of amides is 1. The van der Waals surface area contributed by atoms with Gasteiger partial charge < -0.3 is 15.3 Å². The molecule has 4 aromatic rings. The molecule has 0 atom stereocenters. The molecule has 35 heavy (non-hydrogen) atoms. The van der Waals surface area contributed by atoms with Crippen molar-refractivity contribution in [3.05, 3.63) is 94.9 Å². The molecule has 0 saturated heterocycles. The SMILES string of the molecule is CN(c1ccc(C(=O)O)cc1)c1nc(-c2ccc(NC(=O)c3ccc(C(C)(C)C)cc3)cc2)cs1. The van der Waals surface area contributed by atoms with Crippen LogP contribution in [-0.2, 0) is 5.41 Å². The molecule has 0 aliphatic carbocycles. The van der Waals surface area contributed by atoms with Crippen molar-refractivity contribution in [2.45, 2.75) is 26.2 Å². The number of carbonyl (C=O) groups is 2. The fourth-order valence-electron chi connectivity index (χ4n) is 3.54. The second kappa shape index (κ2) is 9.72. The Morgan fingerprint density at radius 2 is 1.49 bits per heavy atom. The molecule has 0 spiro atoms. The Balaban J connectivity index is 1.43. The topological polar surface area (TPSA) is 82.5 Å². The van der Waals surface area contributed by atoms with Gasteiger partial charge in [0.15, 0.2) is 5.13 Å². The Hall–Kier alpha value is -3.97. The minimum Gasteiger partial charge on any atom is -0.478 e. The summed E-state index contributed by atoms with van der Waals surface area (Å²) in [6.45, 7) is 6.43. The summed E-state index contributed by atoms with van der Waals surface area (Å²) >= 11 is 1.50. The summed E-state index contributed by atoms with van der Waals surface area (Å²) in [6, 6.07) is 22.0. The highest BCUT2D eigenvalue weighted by Crippen LogP contribution is 2.31. The van der Waals surface area contributed by atoms with Crippen LogP contribution in [0.2, 0.25) is 0 Å². The molecule has 4 rings (SSSR count). The zero-order valence-corrected chi connectivity index (χ0v) is 20.9. The molecule has 6 nitrogen and oxygen atoms in total. The molecule has 7 heteroatoms. The maximum atomic E-state index is 12.6. The zero-order valence-electron chi connectivity index (χ0n) is 20.1. The second-order valence-electron chi connectivity index (χ2n) is 9.29. The molecule has 1 aromatic heterocycles. The molecule has 1 heterocycles. The maximum absolute atomic E-state index is 12.6. The van der Waals surface area contributed by atoms with Crippen LogP contribution in [-0.4, -0.2) is 29.0 Å². The number of carbonyl (C=O) groups excluding carboxylic acids is 1. The quantitative estimate of drug-likeness (QED) is 0.313. The van der Waals surface area contributed by atoms with Crippen molar-refractivity contribution in [1.82, 2.24) is 4.98 Å². The van der Waals surface area contributed by atoms with Crippen LogP contribution in [0.4, 0.5) is 16.5 Å². The van der Waals surface area contributed by atoms with Crippen LogP contribution in [0.25, 0.3) is 11.3 Å². The standard InChI is InChI=1S/C28H27N3O3S/c1-28(2,3)21-11-5-19(6-12-21)25(32)29-22-13-7-18(8-14-22)24-17-35-27(30-24)31(4)23-15-9-20(10-16-23)26(33)34/h5-17H,1-4H3,(H,29,32)(H,33,34). The Labute approximate surface area is 208 Å². The van der Waals surface area contributed by atoms with E-state index in [2.05, 4.69) is 26.1 Å². The van der Waals surface area contributed by atoms with E-state index >= 15 is 0 Å². The number of thiazole rings is 1. The van der Waals surface area contributed by atoms with Crippen molar-refractivity contribution in [3.63, 3.8) is 0 Å². The lowest BCUT2D eigenvalue weighted by molar-refractivity contribution is 0.0696. The number of aromatic nitrogens is 1. The molecule has 2 N–H and O–H groups in total. The first-order valence-electron chi connectivity index (χ1n) is 11.2. The first-order valence-corrected chi connectivity index (χ1v) is 12.0. The van der Waals surface area contributed by atoms with Crippen LogP contribution in [0.1, 0.15) is 47.1 Å². The second-order valence-corrected chi connectivity index (χ2v) is 10.1. The summed E-state index contributed by atoms with van der Waals surface area (Å²) in [6.07, 6.45) is 0. The molecule has 0 saturated carbocycles. The van der Waals surface area contributed by atoms with Gasteiger partial charge >= 0.3 is 5.97 Å². The summed E-state index contributed by atoms with van der Waals surface area (Å²) in [4.78, 5) is 30.3. The number of aromatic carboxylic acids is 1. The monoisotopic (exact) mass is 485 g/mol. The van der Waals surface area contributed by atoms with Crippen LogP contribution in [0.3, 0.4) is 0 Å². The van der Waals surface area contributed by atoms with Gasteiger partial charge in [-0.15, -0.1) is 11.3 Å². The Morgan fingerprint density at radius 1 is 0.886 bits per heavy atom. The van der Waals surface area contributed by atoms with Crippen LogP contribution in [0, 0.1) is 0 Å². The highest BCUT2D eigenvalue weighted by Gasteiger charge is 2.15. The van der Waals surface area contributed by atoms with Crippen molar-refractivity contribution >= 4 is 39.7 Å². The normalized spacial score (nSPS) is 11.2. The van der Waals surface area contributed by atoms with Gasteiger partial charge in [0, 0.05) is 34.9 Å². The number of hydrogen-bond acceptors (Lipinski definition) is 5. The third-order valence-electron chi connectivity index (χ3n) is 5.73. The van der Waals surface area contributed by atoms with Crippen molar-refractivity contribution in [1.29, 1.82) is 0 Å². The predicted octanol–water partition coefficient (Wildman–Crippen LogP) is 6.83. The average molecular weight is 486 g/mol. The number of carboxylic acids is 1. The Kier molecular flexibility index (Phi) is 6.71. The Bertz CT molecular complexity index is 1340. The Morgan fingerprint density at radius 3 is 2.06 bits per heavy atom. The van der Waals surface area contributed by atoms with E-state index in [1.54, 1.807) is 24.3 Å². The lowest BCUT2D eigenvalue weighted by Crippen LogP contribution is -2.14. The molecular weight excluding hydrogens is 458 g/mol. The van der Waals surface area contributed by atoms with E-state index in [1.807, 2.05) is 65.9 Å². The summed E-state index contributed by atoms with van der Waals surface area (Å²) in [7, 11) is 1.89. The van der Waals surface area contributed by atoms with Gasteiger partial charge in [-0.3, -0.25) is 4.79 Å². The van der Waals surface area contributed by atoms with Gasteiger partial charge in [0.05, 0.1) is 11.3 Å². The van der Waals surface area contributed by atoms with Crippen molar-refractivity contribution < 1.29 is 14.7 Å². The first-order chi connectivity index (χ1) is 16.6. The van der Waals surface area contributed by atoms with Gasteiger partial charge in [-0.25, -0.2) is 9.78 Å². The van der Waals surface area contributed by atoms with E-state index in [0.717, 1.165) is 22.1 Å². The largest absolute Gasteiger partial charge is 0.478 e. The zero-order chi connectivity index (χ0) is 25.2. The number of rotatable bonds is 6. The minimum atomic E-state index is -0.950. The minimum absolute atomic E-state index is 0.0418. The summed E-state index contributed by atoms with van der Waals surface area (Å²) in [5.74, 6) is -1.10. The highest BCUT2D eigenvalue weighted by molar-refractivity contribution is 7.14. The van der Waals surface area contributed by atoms with Crippen LogP contribution in [0.5, 0.6) is 0 Å². The highest BCUT2D eigenvalue weighted by atomic mass is 32.1. The van der Waals surface area contributed by atoms with E-state index in [9.17, 15) is 9.59 Å². The lowest BCUT2D eigenvalue weighted by atomic mass is 9.87. The van der Waals surface area contributed by atoms with Crippen molar-refractivity contribution in [3.8, 4) is 11.3 Å². The molecule has 0 bridgehead atoms. The number of nitrogens with zero attached hydrogens (tertiary/aromatic N) is 2. The summed E-state index contributed by atoms with van der Waals surface area (Å²) < 4.78 is 0. The van der Waals surface area contributed by atoms with Crippen LogP contribution < -0.4 is 10.2 Å². The smallest absolute Gasteiger partial charge is 0.335 e. The number of anilines is 3. The molecule has 0 aliphatic heterocycles. The van der Waals surface area contributed by atoms with E-state index in [0.29, 0.717) is 11.3 Å². The molecule has 0 radical (unpaired) electrons. The van der Waals surface area contributed by atoms with Crippen molar-refractivity contribution in [2.24, 2.45) is 0 Å². The lowest BCUT2D eigenvalue weighted by Gasteiger charge is -2.19. The summed E-state index contributed by atoms with van der Waals surface area (Å²) in [5.41, 5.74) is 5.42. The van der Waals surface area contributed by atoms with E-state index in [1.165, 1.54) is 16.9 Å². The average Bonchev–Trinajstić information content (AvgIpc) is 3.34. The molecule has 0 aliphatic rings. The van der Waals surface area contributed by atoms with Gasteiger partial charge in [-0.2, -0.15) is 0 Å². The van der Waals surface area contributed by atoms with Gasteiger partial charge in [-0.1, -0.05) is 45.0 Å². The van der Waals surface area contributed by atoms with E-state index < -0.39 is 5.97 Å². The molecular formula is C28H27N3O3S. The predicted molar refractivity (Wildman–Crippen MR) is 142 cm³/mol. The maximum Gasteiger partial charge on any atom is 0.335 e. The van der Waals surface area contributed by atoms with Crippen LogP contribution in [0.15, 0.2) is 78.2 Å². The van der Waals surface area contributed by atoms with Gasteiger partial charge in [0.1, 0.15) is 0 Å². The molecule has 0 fully saturated rings. The third kappa shape index (κ3) is 5.58. The molecule has 0 unspecified atom stereocenters. The van der Waals surface area contributed by atoms with Gasteiger partial charge in [0.25, 0.3) is 5.91 Å². The van der Waals surface area contributed by atoms with E-state index in [4.69, 9.17) is 10.1 Å². The number of carboxylic acid groups (broad SMARTS) is 1. The third-order valence-corrected chi connectivity index (χ3v) is 6.65. The summed E-state index contributed by atoms with van der Waals surface area (Å²) in [5, 5.41) is 14.8. The number of hydrogen-bond donors (Lipinski definition) is 2. The van der Waals surface area contributed by atoms with Crippen molar-refractivity contribution in [2.75, 3.05) is 17.3 Å². The van der Waals surface area contributed by atoms with Gasteiger partial charge in [0.2, 0.25) is 0 Å². The van der Waals surface area contributed by atoms with E-state index in [-0.39, 0.29) is 16.9 Å². The number of nitrogens with one attached hydrogen (secondary N) is 1. The molecule has 178 valence electrons. The fraction of sp³-hybridized carbons (Fsp3) is 0.179. The van der Waals surface area contributed by atoms with Crippen LogP contribution >= 0.6 is 11.3 Å². The molecule has 1 amide bonds. The first kappa shape index (κ1) is 24.2. The fourth-order valence-corrected chi connectivity index (χ4v) is 4.36. The number of benzene rings is 3. The molecule has 3 aromatic carbocycles. The van der Waals surface area contributed by atoms with Gasteiger partial charge in [-0.05, 0) is 59.5 Å².